The Kier molecular flexibility index (Phi) is 4.02. The molecule has 0 aromatic carbocycles. The van der Waals surface area contributed by atoms with Gasteiger partial charge < -0.3 is 14.0 Å². The van der Waals surface area contributed by atoms with Crippen LogP contribution in [0.1, 0.15) is 11.9 Å². The maximum atomic E-state index is 5.42. The van der Waals surface area contributed by atoms with Crippen LogP contribution in [0.2, 0.25) is 0 Å². The fraction of sp³-hybridized carbons (Fsp3) is 0.625. The van der Waals surface area contributed by atoms with Crippen molar-refractivity contribution in [2.24, 2.45) is 12.9 Å². The molecule has 0 bridgehead atoms. The molecular formula is C8H16N4O2. The first-order chi connectivity index (χ1) is 6.74. The number of methoxy groups -OCH3 is 2. The predicted octanol–water partition coefficient (Wildman–Crippen LogP) is -0.457. The second-order valence-corrected chi connectivity index (χ2v) is 2.88. The Morgan fingerprint density at radius 1 is 1.50 bits per heavy atom. The molecule has 1 atom stereocenters. The molecule has 1 aromatic heterocycles. The van der Waals surface area contributed by atoms with Gasteiger partial charge in [-0.05, 0) is 0 Å². The summed E-state index contributed by atoms with van der Waals surface area (Å²) in [6.45, 7) is 0. The fourth-order valence-electron chi connectivity index (χ4n) is 1.32. The van der Waals surface area contributed by atoms with Crippen LogP contribution in [0.15, 0.2) is 12.4 Å². The average Bonchev–Trinajstić information content (AvgIpc) is 2.61. The van der Waals surface area contributed by atoms with E-state index in [0.717, 1.165) is 5.82 Å². The highest BCUT2D eigenvalue weighted by Gasteiger charge is 2.24. The molecular weight excluding hydrogens is 184 g/mol. The molecule has 0 fully saturated rings. The van der Waals surface area contributed by atoms with Crippen molar-refractivity contribution < 1.29 is 9.47 Å². The maximum Gasteiger partial charge on any atom is 0.180 e. The van der Waals surface area contributed by atoms with Gasteiger partial charge in [-0.2, -0.15) is 0 Å². The number of ether oxygens (including phenoxy) is 2. The normalized spacial score (nSPS) is 13.5. The monoisotopic (exact) mass is 200 g/mol. The van der Waals surface area contributed by atoms with Crippen molar-refractivity contribution >= 4 is 0 Å². The number of nitrogens with two attached hydrogens (primary N) is 1. The first-order valence-corrected chi connectivity index (χ1v) is 4.23. The smallest absolute Gasteiger partial charge is 0.180 e. The number of hydrogen-bond donors (Lipinski definition) is 2. The lowest BCUT2D eigenvalue weighted by Crippen LogP contribution is -2.40. The Morgan fingerprint density at radius 2 is 2.14 bits per heavy atom. The van der Waals surface area contributed by atoms with Gasteiger partial charge in [-0.3, -0.25) is 5.84 Å². The lowest BCUT2D eigenvalue weighted by atomic mass is 10.3. The highest BCUT2D eigenvalue weighted by atomic mass is 16.7. The van der Waals surface area contributed by atoms with Gasteiger partial charge in [0, 0.05) is 33.7 Å². The van der Waals surface area contributed by atoms with Gasteiger partial charge in [0.05, 0.1) is 0 Å². The van der Waals surface area contributed by atoms with Crippen LogP contribution < -0.4 is 11.3 Å². The first kappa shape index (κ1) is 11.1. The number of nitrogens with zero attached hydrogens (tertiary/aromatic N) is 2. The second kappa shape index (κ2) is 5.06. The molecule has 14 heavy (non-hydrogen) atoms. The third kappa shape index (κ3) is 2.10. The zero-order chi connectivity index (χ0) is 10.6. The molecule has 0 amide bonds. The van der Waals surface area contributed by atoms with Crippen LogP contribution in [-0.2, 0) is 16.5 Å². The zero-order valence-corrected chi connectivity index (χ0v) is 8.60. The lowest BCUT2D eigenvalue weighted by molar-refractivity contribution is -0.126. The summed E-state index contributed by atoms with van der Waals surface area (Å²) in [5.74, 6) is 6.19. The van der Waals surface area contributed by atoms with Crippen LogP contribution in [0.3, 0.4) is 0 Å². The molecule has 0 aliphatic carbocycles. The van der Waals surface area contributed by atoms with Crippen molar-refractivity contribution in [2.75, 3.05) is 14.2 Å². The van der Waals surface area contributed by atoms with E-state index < -0.39 is 6.29 Å². The predicted molar refractivity (Wildman–Crippen MR) is 51.1 cm³/mol. The number of hydrogen-bond acceptors (Lipinski definition) is 5. The van der Waals surface area contributed by atoms with Gasteiger partial charge in [0.2, 0.25) is 0 Å². The minimum Gasteiger partial charge on any atom is -0.354 e. The molecule has 1 rings (SSSR count). The van der Waals surface area contributed by atoms with Gasteiger partial charge in [-0.15, -0.1) is 0 Å². The standard InChI is InChI=1S/C8H16N4O2/c1-12-5-4-10-7(12)6(11-9)8(13-2)14-3/h4-6,8,11H,9H2,1-3H3. The Hall–Kier alpha value is -0.950. The number of rotatable bonds is 5. The zero-order valence-electron chi connectivity index (χ0n) is 8.60. The maximum absolute atomic E-state index is 5.42. The molecule has 0 radical (unpaired) electrons. The minimum atomic E-state index is -0.457. The molecule has 0 aliphatic rings. The van der Waals surface area contributed by atoms with Crippen LogP contribution in [0, 0.1) is 0 Å². The van der Waals surface area contributed by atoms with E-state index in [4.69, 9.17) is 15.3 Å². The molecule has 0 saturated carbocycles. The van der Waals surface area contributed by atoms with E-state index in [2.05, 4.69) is 10.4 Å². The summed E-state index contributed by atoms with van der Waals surface area (Å²) in [7, 11) is 5.00. The molecule has 0 aliphatic heterocycles. The Bertz CT molecular complexity index is 272. The summed E-state index contributed by atoms with van der Waals surface area (Å²) in [4.78, 5) is 4.16. The first-order valence-electron chi connectivity index (χ1n) is 4.23. The van der Waals surface area contributed by atoms with Crippen molar-refractivity contribution in [1.82, 2.24) is 15.0 Å². The fourth-order valence-corrected chi connectivity index (χ4v) is 1.32. The summed E-state index contributed by atoms with van der Waals surface area (Å²) in [6, 6.07) is -0.287. The van der Waals surface area contributed by atoms with Crippen LogP contribution >= 0.6 is 0 Å². The van der Waals surface area contributed by atoms with E-state index in [9.17, 15) is 0 Å². The molecule has 3 N–H and O–H groups in total. The summed E-state index contributed by atoms with van der Waals surface area (Å²) in [6.07, 6.45) is 3.07. The average molecular weight is 200 g/mol. The van der Waals surface area contributed by atoms with Gasteiger partial charge in [-0.25, -0.2) is 10.4 Å². The summed E-state index contributed by atoms with van der Waals surface area (Å²) in [5.41, 5.74) is 2.61. The largest absolute Gasteiger partial charge is 0.354 e. The van der Waals surface area contributed by atoms with Crippen molar-refractivity contribution in [2.45, 2.75) is 12.3 Å². The van der Waals surface area contributed by atoms with Crippen molar-refractivity contribution in [3.05, 3.63) is 18.2 Å². The topological polar surface area (TPSA) is 74.3 Å². The Balaban J connectivity index is 2.86. The highest BCUT2D eigenvalue weighted by Crippen LogP contribution is 2.16. The molecule has 6 heteroatoms. The van der Waals surface area contributed by atoms with Crippen molar-refractivity contribution in [3.8, 4) is 0 Å². The highest BCUT2D eigenvalue weighted by molar-refractivity contribution is 4.99. The van der Waals surface area contributed by atoms with E-state index in [1.54, 1.807) is 20.4 Å². The van der Waals surface area contributed by atoms with E-state index in [-0.39, 0.29) is 6.04 Å². The molecule has 1 unspecified atom stereocenters. The molecule has 1 aromatic rings. The van der Waals surface area contributed by atoms with Gasteiger partial charge >= 0.3 is 0 Å². The molecule has 0 spiro atoms. The van der Waals surface area contributed by atoms with E-state index in [1.807, 2.05) is 17.8 Å². The summed E-state index contributed by atoms with van der Waals surface area (Å²) in [5, 5.41) is 0. The quantitative estimate of drug-likeness (QED) is 0.382. The lowest BCUT2D eigenvalue weighted by Gasteiger charge is -2.23. The van der Waals surface area contributed by atoms with Gasteiger partial charge in [0.15, 0.2) is 6.29 Å². The Labute approximate surface area is 83.0 Å². The van der Waals surface area contributed by atoms with Gasteiger partial charge in [0.1, 0.15) is 11.9 Å². The number of nitrogens with one attached hydrogen (secondary N) is 1. The number of hydrazine groups is 1. The molecule has 1 heterocycles. The number of aryl methyl sites for hydroxylation is 1. The van der Waals surface area contributed by atoms with Crippen LogP contribution in [0.5, 0.6) is 0 Å². The molecule has 0 saturated heterocycles. The van der Waals surface area contributed by atoms with E-state index in [1.165, 1.54) is 0 Å². The summed E-state index contributed by atoms with van der Waals surface area (Å²) >= 11 is 0. The van der Waals surface area contributed by atoms with Gasteiger partial charge in [-0.1, -0.05) is 0 Å². The third-order valence-electron chi connectivity index (χ3n) is 2.05. The van der Waals surface area contributed by atoms with Crippen molar-refractivity contribution in [1.29, 1.82) is 0 Å². The second-order valence-electron chi connectivity index (χ2n) is 2.88. The van der Waals surface area contributed by atoms with E-state index >= 15 is 0 Å². The van der Waals surface area contributed by atoms with Crippen molar-refractivity contribution in [3.63, 3.8) is 0 Å². The number of imidazole rings is 1. The van der Waals surface area contributed by atoms with Crippen LogP contribution in [0.25, 0.3) is 0 Å². The van der Waals surface area contributed by atoms with Crippen LogP contribution in [-0.4, -0.2) is 30.1 Å². The molecule has 6 nitrogen and oxygen atoms in total. The third-order valence-corrected chi connectivity index (χ3v) is 2.05. The van der Waals surface area contributed by atoms with Gasteiger partial charge in [0.25, 0.3) is 0 Å². The van der Waals surface area contributed by atoms with E-state index in [0.29, 0.717) is 0 Å². The molecule has 80 valence electrons. The Morgan fingerprint density at radius 3 is 2.50 bits per heavy atom. The minimum absolute atomic E-state index is 0.287. The summed E-state index contributed by atoms with van der Waals surface area (Å²) < 4.78 is 12.1. The number of aromatic nitrogens is 2. The van der Waals surface area contributed by atoms with Crippen LogP contribution in [0.4, 0.5) is 0 Å². The SMILES string of the molecule is COC(OC)C(NN)c1nccn1C.